The Morgan fingerprint density at radius 3 is 2.52 bits per heavy atom. The van der Waals surface area contributed by atoms with Crippen LogP contribution in [-0.2, 0) is 9.53 Å². The van der Waals surface area contributed by atoms with E-state index in [2.05, 4.69) is 4.99 Å². The van der Waals surface area contributed by atoms with Crippen molar-refractivity contribution in [1.82, 2.24) is 4.98 Å². The number of aromatic nitrogens is 1. The molecule has 3 aromatic carbocycles. The summed E-state index contributed by atoms with van der Waals surface area (Å²) in [6.07, 6.45) is 1.75. The molecule has 0 fully saturated rings. The molecule has 1 aromatic heterocycles. The number of aryl methyl sites for hydroxylation is 1. The standard InChI is InChI=1S/C27H20N2O3S/c1-17-7-6-8-19-15-20(26(29-24(17)19)33-22-9-4-3-5-10-22)16-23-27(30)32-25(28-23)18-11-13-21(31-2)14-12-18/h3-16H,1-2H3. The number of cyclic esters (lactones) is 1. The monoisotopic (exact) mass is 452 g/mol. The van der Waals surface area contributed by atoms with Crippen LogP contribution in [0.3, 0.4) is 0 Å². The van der Waals surface area contributed by atoms with Crippen molar-refractivity contribution in [1.29, 1.82) is 0 Å². The number of ether oxygens (including phenoxy) is 2. The van der Waals surface area contributed by atoms with Crippen LogP contribution >= 0.6 is 11.8 Å². The average molecular weight is 453 g/mol. The summed E-state index contributed by atoms with van der Waals surface area (Å²) in [5.74, 6) is 0.510. The van der Waals surface area contributed by atoms with Crippen molar-refractivity contribution in [2.24, 2.45) is 4.99 Å². The largest absolute Gasteiger partial charge is 0.497 e. The lowest BCUT2D eigenvalue weighted by atomic mass is 10.1. The molecule has 0 bridgehead atoms. The van der Waals surface area contributed by atoms with Gasteiger partial charge < -0.3 is 9.47 Å². The fraction of sp³-hybridized carbons (Fsp3) is 0.0741. The Kier molecular flexibility index (Phi) is 5.67. The van der Waals surface area contributed by atoms with Crippen molar-refractivity contribution in [3.8, 4) is 5.75 Å². The Hall–Kier alpha value is -3.90. The van der Waals surface area contributed by atoms with Gasteiger partial charge in [-0.25, -0.2) is 14.8 Å². The van der Waals surface area contributed by atoms with Gasteiger partial charge in [0.1, 0.15) is 10.8 Å². The van der Waals surface area contributed by atoms with E-state index in [4.69, 9.17) is 14.5 Å². The number of para-hydroxylation sites is 1. The maximum Gasteiger partial charge on any atom is 0.363 e. The Morgan fingerprint density at radius 1 is 0.970 bits per heavy atom. The van der Waals surface area contributed by atoms with E-state index < -0.39 is 5.97 Å². The van der Waals surface area contributed by atoms with E-state index in [1.807, 2.05) is 73.7 Å². The van der Waals surface area contributed by atoms with Gasteiger partial charge in [0.2, 0.25) is 5.90 Å². The lowest BCUT2D eigenvalue weighted by molar-refractivity contribution is -0.129. The number of rotatable bonds is 5. The molecule has 0 N–H and O–H groups in total. The van der Waals surface area contributed by atoms with Crippen LogP contribution in [0.15, 0.2) is 99.5 Å². The van der Waals surface area contributed by atoms with Gasteiger partial charge in [-0.15, -0.1) is 0 Å². The van der Waals surface area contributed by atoms with Gasteiger partial charge in [0, 0.05) is 21.4 Å². The van der Waals surface area contributed by atoms with Crippen LogP contribution in [0.2, 0.25) is 0 Å². The van der Waals surface area contributed by atoms with E-state index in [0.29, 0.717) is 5.56 Å². The second-order valence-corrected chi connectivity index (χ2v) is 8.57. The molecule has 0 atom stereocenters. The summed E-state index contributed by atoms with van der Waals surface area (Å²) < 4.78 is 10.6. The van der Waals surface area contributed by atoms with Crippen LogP contribution in [0.25, 0.3) is 17.0 Å². The summed E-state index contributed by atoms with van der Waals surface area (Å²) in [5, 5.41) is 1.81. The van der Waals surface area contributed by atoms with Crippen LogP contribution in [0.5, 0.6) is 5.75 Å². The van der Waals surface area contributed by atoms with Gasteiger partial charge in [0.15, 0.2) is 5.70 Å². The van der Waals surface area contributed by atoms with Gasteiger partial charge in [-0.1, -0.05) is 48.2 Å². The fourth-order valence-electron chi connectivity index (χ4n) is 3.55. The summed E-state index contributed by atoms with van der Waals surface area (Å²) in [5.41, 5.74) is 3.80. The molecular weight excluding hydrogens is 432 g/mol. The van der Waals surface area contributed by atoms with Crippen molar-refractivity contribution >= 4 is 40.6 Å². The van der Waals surface area contributed by atoms with Crippen molar-refractivity contribution in [3.63, 3.8) is 0 Å². The first-order chi connectivity index (χ1) is 16.1. The van der Waals surface area contributed by atoms with Gasteiger partial charge >= 0.3 is 5.97 Å². The molecule has 0 unspecified atom stereocenters. The first-order valence-electron chi connectivity index (χ1n) is 10.4. The summed E-state index contributed by atoms with van der Waals surface area (Å²) >= 11 is 1.55. The highest BCUT2D eigenvalue weighted by molar-refractivity contribution is 7.99. The zero-order valence-electron chi connectivity index (χ0n) is 18.1. The molecule has 33 heavy (non-hydrogen) atoms. The predicted octanol–water partition coefficient (Wildman–Crippen LogP) is 6.05. The molecule has 5 nitrogen and oxygen atoms in total. The van der Waals surface area contributed by atoms with Gasteiger partial charge in [-0.2, -0.15) is 0 Å². The molecule has 162 valence electrons. The molecule has 1 aliphatic heterocycles. The highest BCUT2D eigenvalue weighted by Crippen LogP contribution is 2.33. The third-order valence-corrected chi connectivity index (χ3v) is 6.28. The Bertz CT molecular complexity index is 1410. The molecule has 1 aliphatic rings. The highest BCUT2D eigenvalue weighted by Gasteiger charge is 2.25. The number of carbonyl (C=O) groups excluding carboxylic acids is 1. The number of methoxy groups -OCH3 is 1. The molecule has 0 amide bonds. The first-order valence-corrected chi connectivity index (χ1v) is 11.2. The summed E-state index contributed by atoms with van der Waals surface area (Å²) in [6, 6.07) is 25.4. The SMILES string of the molecule is COc1ccc(C2=NC(=Cc3cc4cccc(C)c4nc3Sc3ccccc3)C(=O)O2)cc1. The van der Waals surface area contributed by atoms with E-state index in [9.17, 15) is 4.79 Å². The topological polar surface area (TPSA) is 60.8 Å². The lowest BCUT2D eigenvalue weighted by Crippen LogP contribution is -2.05. The molecule has 4 aromatic rings. The van der Waals surface area contributed by atoms with E-state index >= 15 is 0 Å². The minimum atomic E-state index is -0.485. The highest BCUT2D eigenvalue weighted by atomic mass is 32.2. The van der Waals surface area contributed by atoms with Crippen LogP contribution in [0.4, 0.5) is 0 Å². The molecule has 2 heterocycles. The summed E-state index contributed by atoms with van der Waals surface area (Å²) in [6.45, 7) is 2.05. The van der Waals surface area contributed by atoms with E-state index in [1.165, 1.54) is 0 Å². The molecule has 0 saturated heterocycles. The van der Waals surface area contributed by atoms with Crippen molar-refractivity contribution in [2.45, 2.75) is 16.8 Å². The third kappa shape index (κ3) is 4.38. The smallest absolute Gasteiger partial charge is 0.363 e. The zero-order chi connectivity index (χ0) is 22.8. The van der Waals surface area contributed by atoms with Gasteiger partial charge in [-0.05, 0) is 61.0 Å². The molecule has 6 heteroatoms. The summed E-state index contributed by atoms with van der Waals surface area (Å²) in [4.78, 5) is 23.1. The van der Waals surface area contributed by atoms with E-state index in [-0.39, 0.29) is 11.6 Å². The molecular formula is C27H20N2O3S. The van der Waals surface area contributed by atoms with E-state index in [1.54, 1.807) is 37.1 Å². The second-order valence-electron chi connectivity index (χ2n) is 7.51. The number of benzene rings is 3. The predicted molar refractivity (Wildman–Crippen MR) is 131 cm³/mol. The normalized spacial score (nSPS) is 14.4. The van der Waals surface area contributed by atoms with Crippen LogP contribution < -0.4 is 4.74 Å². The maximum absolute atomic E-state index is 12.6. The van der Waals surface area contributed by atoms with Gasteiger partial charge in [0.05, 0.1) is 12.6 Å². The third-order valence-electron chi connectivity index (χ3n) is 5.25. The Morgan fingerprint density at radius 2 is 1.76 bits per heavy atom. The van der Waals surface area contributed by atoms with Crippen molar-refractivity contribution in [3.05, 3.63) is 101 Å². The number of fused-ring (bicyclic) bond motifs is 1. The molecule has 0 spiro atoms. The lowest BCUT2D eigenvalue weighted by Gasteiger charge is -2.09. The van der Waals surface area contributed by atoms with Crippen LogP contribution in [0.1, 0.15) is 16.7 Å². The van der Waals surface area contributed by atoms with Gasteiger partial charge in [0.25, 0.3) is 0 Å². The maximum atomic E-state index is 12.6. The number of carbonyl (C=O) groups is 1. The van der Waals surface area contributed by atoms with Gasteiger partial charge in [-0.3, -0.25) is 0 Å². The number of esters is 1. The van der Waals surface area contributed by atoms with Crippen molar-refractivity contribution < 1.29 is 14.3 Å². The molecule has 0 radical (unpaired) electrons. The van der Waals surface area contributed by atoms with Crippen LogP contribution in [0, 0.1) is 6.92 Å². The summed E-state index contributed by atoms with van der Waals surface area (Å²) in [7, 11) is 1.60. The first kappa shape index (κ1) is 21.0. The molecule has 0 aliphatic carbocycles. The van der Waals surface area contributed by atoms with Crippen LogP contribution in [-0.4, -0.2) is 24.0 Å². The van der Waals surface area contributed by atoms with E-state index in [0.717, 1.165) is 37.7 Å². The minimum absolute atomic E-state index is 0.240. The minimum Gasteiger partial charge on any atom is -0.497 e. The molecule has 0 saturated carbocycles. The fourth-order valence-corrected chi connectivity index (χ4v) is 4.43. The average Bonchev–Trinajstić information content (AvgIpc) is 3.21. The number of aliphatic imine (C=N–C) groups is 1. The Labute approximate surface area is 195 Å². The number of nitrogens with zero attached hydrogens (tertiary/aromatic N) is 2. The number of pyridine rings is 1. The Balaban J connectivity index is 1.58. The molecule has 5 rings (SSSR count). The second kappa shape index (κ2) is 8.92. The van der Waals surface area contributed by atoms with Crippen molar-refractivity contribution in [2.75, 3.05) is 7.11 Å². The number of hydrogen-bond acceptors (Lipinski definition) is 6. The number of hydrogen-bond donors (Lipinski definition) is 0. The quantitative estimate of drug-likeness (QED) is 0.273. The zero-order valence-corrected chi connectivity index (χ0v) is 18.9.